The summed E-state index contributed by atoms with van der Waals surface area (Å²) in [7, 11) is 0. The summed E-state index contributed by atoms with van der Waals surface area (Å²) >= 11 is 0. The number of carbonyl (C=O) groups excluding carboxylic acids is 1. The fourth-order valence-corrected chi connectivity index (χ4v) is 0.579. The molecule has 0 bridgehead atoms. The minimum Gasteiger partial charge on any atom is -0.448 e. The van der Waals surface area contributed by atoms with Crippen LogP contribution in [0.4, 0.5) is 4.79 Å². The summed E-state index contributed by atoms with van der Waals surface area (Å²) in [5.41, 5.74) is 0. The van der Waals surface area contributed by atoms with Gasteiger partial charge in [-0.3, -0.25) is 0 Å². The zero-order valence-electron chi connectivity index (χ0n) is 6.17. The van der Waals surface area contributed by atoms with E-state index in [1.165, 1.54) is 0 Å². The Morgan fingerprint density at radius 2 is 2.40 bits per heavy atom. The summed E-state index contributed by atoms with van der Waals surface area (Å²) in [5, 5.41) is 3.76. The molecular weight excluding hydrogens is 130 g/mol. The van der Waals surface area contributed by atoms with Crippen molar-refractivity contribution in [1.82, 2.24) is 5.32 Å². The Labute approximate surface area is 60.7 Å². The molecule has 3 nitrogen and oxygen atoms in total. The van der Waals surface area contributed by atoms with Gasteiger partial charge in [-0.1, -0.05) is 6.92 Å². The van der Waals surface area contributed by atoms with Gasteiger partial charge in [0.05, 0.1) is 12.6 Å². The molecule has 1 fully saturated rings. The molecular formula is C7H12NO2. The van der Waals surface area contributed by atoms with Gasteiger partial charge in [0.25, 0.3) is 0 Å². The number of ether oxygens (including phenoxy) is 1. The first-order chi connectivity index (χ1) is 4.83. The highest BCUT2D eigenvalue weighted by atomic mass is 16.5. The lowest BCUT2D eigenvalue weighted by Crippen LogP contribution is -2.18. The fraction of sp³-hybridized carbons (Fsp3) is 0.857. The van der Waals surface area contributed by atoms with Crippen LogP contribution in [0.5, 0.6) is 0 Å². The number of carbonyl (C=O) groups is 1. The minimum atomic E-state index is -0.385. The molecule has 0 atom stereocenters. The summed E-state index contributed by atoms with van der Waals surface area (Å²) in [5.74, 6) is 0. The number of hydrogen-bond acceptors (Lipinski definition) is 2. The molecule has 0 spiro atoms. The van der Waals surface area contributed by atoms with Crippen LogP contribution in [0.15, 0.2) is 0 Å². The highest BCUT2D eigenvalue weighted by Gasteiger charge is 2.25. The lowest BCUT2D eigenvalue weighted by atomic mass is 10.5. The van der Waals surface area contributed by atoms with Gasteiger partial charge in [0.1, 0.15) is 0 Å². The summed E-state index contributed by atoms with van der Waals surface area (Å²) in [6, 6.07) is 0.282. The molecule has 10 heavy (non-hydrogen) atoms. The van der Waals surface area contributed by atoms with Crippen molar-refractivity contribution in [3.8, 4) is 0 Å². The van der Waals surface area contributed by atoms with Crippen LogP contribution in [0.1, 0.15) is 26.2 Å². The van der Waals surface area contributed by atoms with E-state index in [-0.39, 0.29) is 12.1 Å². The Morgan fingerprint density at radius 1 is 1.70 bits per heavy atom. The van der Waals surface area contributed by atoms with Gasteiger partial charge in [0, 0.05) is 0 Å². The second kappa shape index (κ2) is 3.44. The second-order valence-electron chi connectivity index (χ2n) is 2.47. The van der Waals surface area contributed by atoms with Crippen LogP contribution in [0.3, 0.4) is 0 Å². The Bertz CT molecular complexity index is 121. The van der Waals surface area contributed by atoms with E-state index >= 15 is 0 Å². The molecule has 0 aliphatic heterocycles. The molecule has 1 radical (unpaired) electrons. The molecule has 1 aliphatic rings. The van der Waals surface area contributed by atoms with Gasteiger partial charge >= 0.3 is 6.09 Å². The van der Waals surface area contributed by atoms with E-state index in [4.69, 9.17) is 4.74 Å². The van der Waals surface area contributed by atoms with E-state index in [0.717, 1.165) is 19.3 Å². The first-order valence-corrected chi connectivity index (χ1v) is 3.70. The third-order valence-corrected chi connectivity index (χ3v) is 1.26. The Morgan fingerprint density at radius 3 is 2.90 bits per heavy atom. The van der Waals surface area contributed by atoms with Gasteiger partial charge in [-0.25, -0.2) is 10.1 Å². The van der Waals surface area contributed by atoms with Crippen LogP contribution in [0.25, 0.3) is 0 Å². The average Bonchev–Trinajstić information content (AvgIpc) is 2.67. The molecule has 1 amide bonds. The maximum atomic E-state index is 10.7. The van der Waals surface area contributed by atoms with Crippen LogP contribution in [-0.2, 0) is 4.74 Å². The predicted octanol–water partition coefficient (Wildman–Crippen LogP) is 1.30. The zero-order chi connectivity index (χ0) is 7.40. The normalized spacial score (nSPS) is 16.5. The maximum absolute atomic E-state index is 10.7. The third kappa shape index (κ3) is 2.71. The first-order valence-electron chi connectivity index (χ1n) is 3.70. The summed E-state index contributed by atoms with van der Waals surface area (Å²) in [4.78, 5) is 10.7. The number of amides is 1. The van der Waals surface area contributed by atoms with Crippen molar-refractivity contribution in [1.29, 1.82) is 0 Å². The summed E-state index contributed by atoms with van der Waals surface area (Å²) in [6.45, 7) is 2.46. The number of nitrogens with zero attached hydrogens (tertiary/aromatic N) is 1. The van der Waals surface area contributed by atoms with Crippen LogP contribution >= 0.6 is 0 Å². The molecule has 3 heteroatoms. The standard InChI is InChI=1S/C7H12NO2/c1-2-5-10-7(9)8-6-3-4-6/h6H,2-5H2,1H3. The lowest BCUT2D eigenvalue weighted by molar-refractivity contribution is 0.144. The van der Waals surface area contributed by atoms with Crippen LogP contribution in [-0.4, -0.2) is 18.7 Å². The van der Waals surface area contributed by atoms with Gasteiger partial charge in [0.15, 0.2) is 0 Å². The zero-order valence-corrected chi connectivity index (χ0v) is 6.17. The van der Waals surface area contributed by atoms with E-state index in [9.17, 15) is 4.79 Å². The smallest absolute Gasteiger partial charge is 0.429 e. The molecule has 0 aromatic heterocycles. The van der Waals surface area contributed by atoms with Gasteiger partial charge in [-0.05, 0) is 19.3 Å². The molecule has 0 aromatic rings. The van der Waals surface area contributed by atoms with Crippen molar-refractivity contribution in [2.45, 2.75) is 32.2 Å². The molecule has 57 valence electrons. The van der Waals surface area contributed by atoms with E-state index < -0.39 is 0 Å². The number of rotatable bonds is 3. The van der Waals surface area contributed by atoms with Gasteiger partial charge < -0.3 is 4.74 Å². The quantitative estimate of drug-likeness (QED) is 0.595. The highest BCUT2D eigenvalue weighted by Crippen LogP contribution is 2.19. The van der Waals surface area contributed by atoms with Gasteiger partial charge in [-0.2, -0.15) is 0 Å². The minimum absolute atomic E-state index is 0.282. The van der Waals surface area contributed by atoms with Crippen LogP contribution < -0.4 is 5.32 Å². The monoisotopic (exact) mass is 142 g/mol. The van der Waals surface area contributed by atoms with Crippen LogP contribution in [0, 0.1) is 0 Å². The number of hydrogen-bond donors (Lipinski definition) is 0. The molecule has 0 N–H and O–H groups in total. The van der Waals surface area contributed by atoms with E-state index in [1.54, 1.807) is 0 Å². The van der Waals surface area contributed by atoms with Crippen molar-refractivity contribution in [3.05, 3.63) is 0 Å². The summed E-state index contributed by atoms with van der Waals surface area (Å²) < 4.78 is 4.74. The predicted molar refractivity (Wildman–Crippen MR) is 36.8 cm³/mol. The molecule has 0 heterocycles. The molecule has 1 aliphatic carbocycles. The van der Waals surface area contributed by atoms with Crippen molar-refractivity contribution >= 4 is 6.09 Å². The Kier molecular flexibility index (Phi) is 2.54. The van der Waals surface area contributed by atoms with Crippen molar-refractivity contribution in [2.24, 2.45) is 0 Å². The Hall–Kier alpha value is -0.730. The highest BCUT2D eigenvalue weighted by molar-refractivity contribution is 5.67. The van der Waals surface area contributed by atoms with E-state index in [0.29, 0.717) is 6.61 Å². The van der Waals surface area contributed by atoms with Crippen molar-refractivity contribution in [2.75, 3.05) is 6.61 Å². The van der Waals surface area contributed by atoms with Gasteiger partial charge in [-0.15, -0.1) is 0 Å². The molecule has 0 unspecified atom stereocenters. The summed E-state index contributed by atoms with van der Waals surface area (Å²) in [6.07, 6.45) is 2.60. The van der Waals surface area contributed by atoms with E-state index in [2.05, 4.69) is 5.32 Å². The lowest BCUT2D eigenvalue weighted by Gasteiger charge is -1.99. The van der Waals surface area contributed by atoms with Crippen LogP contribution in [0.2, 0.25) is 0 Å². The fourth-order valence-electron chi connectivity index (χ4n) is 0.579. The van der Waals surface area contributed by atoms with Gasteiger partial charge in [0.2, 0.25) is 0 Å². The van der Waals surface area contributed by atoms with E-state index in [1.807, 2.05) is 6.92 Å². The molecule has 0 aromatic carbocycles. The largest absolute Gasteiger partial charge is 0.448 e. The first kappa shape index (κ1) is 7.38. The topological polar surface area (TPSA) is 40.4 Å². The van der Waals surface area contributed by atoms with Crippen molar-refractivity contribution in [3.63, 3.8) is 0 Å². The van der Waals surface area contributed by atoms with Crippen molar-refractivity contribution < 1.29 is 9.53 Å². The average molecular weight is 142 g/mol. The molecule has 1 rings (SSSR count). The Balaban J connectivity index is 1.97. The maximum Gasteiger partial charge on any atom is 0.429 e. The second-order valence-corrected chi connectivity index (χ2v) is 2.47. The molecule has 0 saturated heterocycles. The molecule has 1 saturated carbocycles. The SMILES string of the molecule is CCCOC(=O)[N]C1CC1. The third-order valence-electron chi connectivity index (χ3n) is 1.26.